The number of benzene rings is 7. The van der Waals surface area contributed by atoms with Crippen molar-refractivity contribution >= 4 is 34.1 Å². The summed E-state index contributed by atoms with van der Waals surface area (Å²) < 4.78 is 97.0. The van der Waals surface area contributed by atoms with E-state index >= 15 is 0 Å². The van der Waals surface area contributed by atoms with Crippen molar-refractivity contribution < 1.29 is 35.8 Å². The van der Waals surface area contributed by atoms with E-state index in [1.807, 2.05) is 103 Å². The normalized spacial score (nSPS) is 13.5. The van der Waals surface area contributed by atoms with Crippen LogP contribution in [0.5, 0.6) is 23.0 Å². The van der Waals surface area contributed by atoms with Crippen LogP contribution < -0.4 is 19.3 Å². The number of halogens is 6. The lowest BCUT2D eigenvalue weighted by atomic mass is 9.78. The fourth-order valence-electron chi connectivity index (χ4n) is 7.85. The maximum Gasteiger partial charge on any atom is 0.416 e. The van der Waals surface area contributed by atoms with Gasteiger partial charge in [-0.05, 0) is 95.4 Å². The SMILES string of the molecule is CC(C)(C)c1c(N2c3ccccc3Oc3ccccc32)c(-c2ccc(C(F)(F)F)cc2)cc(-c2ccc(C(F)(F)F)cc2)c1N1c2ccccc2Oc2ccccc21. The third kappa shape index (κ3) is 6.29. The average Bonchev–Trinajstić information content (AvgIpc) is 3.20. The largest absolute Gasteiger partial charge is 0.453 e. The lowest BCUT2D eigenvalue weighted by Gasteiger charge is -2.42. The second kappa shape index (κ2) is 13.5. The van der Waals surface area contributed by atoms with E-state index in [0.29, 0.717) is 79.4 Å². The fourth-order valence-corrected chi connectivity index (χ4v) is 7.85. The zero-order valence-corrected chi connectivity index (χ0v) is 31.4. The summed E-state index contributed by atoms with van der Waals surface area (Å²) in [6.07, 6.45) is -9.15. The summed E-state index contributed by atoms with van der Waals surface area (Å²) in [5, 5.41) is 0. The molecule has 58 heavy (non-hydrogen) atoms. The van der Waals surface area contributed by atoms with Gasteiger partial charge in [0.15, 0.2) is 23.0 Å². The molecule has 7 aromatic carbocycles. The van der Waals surface area contributed by atoms with Gasteiger partial charge in [0.05, 0.1) is 45.3 Å². The van der Waals surface area contributed by atoms with E-state index in [0.717, 1.165) is 29.8 Å². The molecule has 0 fully saturated rings. The van der Waals surface area contributed by atoms with E-state index in [9.17, 15) is 26.3 Å². The fraction of sp³-hybridized carbons (Fsp3) is 0.125. The first-order valence-corrected chi connectivity index (χ1v) is 18.6. The first-order chi connectivity index (χ1) is 27.7. The van der Waals surface area contributed by atoms with Gasteiger partial charge in [0.25, 0.3) is 0 Å². The van der Waals surface area contributed by atoms with Crippen LogP contribution in [0, 0.1) is 0 Å². The van der Waals surface area contributed by atoms with Crippen molar-refractivity contribution in [3.8, 4) is 45.3 Å². The summed E-state index contributed by atoms with van der Waals surface area (Å²) in [7, 11) is 0. The number of nitrogens with zero attached hydrogens (tertiary/aromatic N) is 2. The molecule has 0 saturated carbocycles. The maximum absolute atomic E-state index is 14.0. The third-order valence-electron chi connectivity index (χ3n) is 10.4. The molecule has 0 saturated heterocycles. The Balaban J connectivity index is 1.48. The number of anilines is 6. The van der Waals surface area contributed by atoms with E-state index in [1.54, 1.807) is 0 Å². The van der Waals surface area contributed by atoms with Crippen LogP contribution in [0.1, 0.15) is 37.5 Å². The molecule has 0 N–H and O–H groups in total. The molecule has 9 rings (SSSR count). The average molecular weight is 785 g/mol. The molecule has 0 atom stereocenters. The molecule has 0 aliphatic carbocycles. The molecule has 0 spiro atoms. The van der Waals surface area contributed by atoms with Crippen LogP contribution in [-0.4, -0.2) is 0 Å². The molecule has 0 amide bonds. The summed E-state index contributed by atoms with van der Waals surface area (Å²) in [6.45, 7) is 6.16. The number of ether oxygens (including phenoxy) is 2. The van der Waals surface area contributed by atoms with Crippen LogP contribution >= 0.6 is 0 Å². The van der Waals surface area contributed by atoms with Crippen molar-refractivity contribution in [1.82, 2.24) is 0 Å². The van der Waals surface area contributed by atoms with Crippen molar-refractivity contribution in [3.05, 3.63) is 168 Å². The first kappa shape index (κ1) is 36.9. The highest BCUT2D eigenvalue weighted by Crippen LogP contribution is 2.61. The van der Waals surface area contributed by atoms with Gasteiger partial charge in [0, 0.05) is 16.7 Å². The van der Waals surface area contributed by atoms with Gasteiger partial charge in [-0.25, -0.2) is 0 Å². The Hall–Kier alpha value is -6.68. The number of fused-ring (bicyclic) bond motifs is 4. The molecule has 2 heterocycles. The molecule has 2 aliphatic rings. The highest BCUT2D eigenvalue weighted by molar-refractivity contribution is 6.05. The van der Waals surface area contributed by atoms with E-state index in [-0.39, 0.29) is 0 Å². The molecule has 4 nitrogen and oxygen atoms in total. The molecule has 7 aromatic rings. The van der Waals surface area contributed by atoms with E-state index in [2.05, 4.69) is 30.6 Å². The second-order valence-corrected chi connectivity index (χ2v) is 15.2. The van der Waals surface area contributed by atoms with Crippen molar-refractivity contribution in [2.24, 2.45) is 0 Å². The topological polar surface area (TPSA) is 24.9 Å². The van der Waals surface area contributed by atoms with Crippen LogP contribution in [0.15, 0.2) is 152 Å². The molecule has 10 heteroatoms. The van der Waals surface area contributed by atoms with Crippen LogP contribution in [0.3, 0.4) is 0 Å². The molecule has 0 aromatic heterocycles. The second-order valence-electron chi connectivity index (χ2n) is 15.2. The Labute approximate surface area is 331 Å². The van der Waals surface area contributed by atoms with Gasteiger partial charge in [-0.1, -0.05) is 93.6 Å². The Morgan fingerprint density at radius 2 is 0.690 bits per heavy atom. The van der Waals surface area contributed by atoms with Crippen LogP contribution in [0.2, 0.25) is 0 Å². The number of rotatable bonds is 4. The van der Waals surface area contributed by atoms with Gasteiger partial charge in [-0.3, -0.25) is 0 Å². The lowest BCUT2D eigenvalue weighted by molar-refractivity contribution is -0.138. The summed E-state index contributed by atoms with van der Waals surface area (Å²) in [6, 6.07) is 42.1. The summed E-state index contributed by atoms with van der Waals surface area (Å²) >= 11 is 0. The monoisotopic (exact) mass is 784 g/mol. The minimum Gasteiger partial charge on any atom is -0.453 e. The highest BCUT2D eigenvalue weighted by atomic mass is 19.4. The zero-order valence-electron chi connectivity index (χ0n) is 31.4. The highest BCUT2D eigenvalue weighted by Gasteiger charge is 2.40. The van der Waals surface area contributed by atoms with Gasteiger partial charge < -0.3 is 19.3 Å². The molecule has 0 bridgehead atoms. The Kier molecular flexibility index (Phi) is 8.58. The molecule has 290 valence electrons. The van der Waals surface area contributed by atoms with Gasteiger partial charge >= 0.3 is 12.4 Å². The Morgan fingerprint density at radius 3 is 0.966 bits per heavy atom. The van der Waals surface area contributed by atoms with Crippen LogP contribution in [-0.2, 0) is 17.8 Å². The number of para-hydroxylation sites is 8. The van der Waals surface area contributed by atoms with Crippen molar-refractivity contribution in [1.29, 1.82) is 0 Å². The molecular weight excluding hydrogens is 751 g/mol. The summed E-state index contributed by atoms with van der Waals surface area (Å²) in [4.78, 5) is 4.17. The van der Waals surface area contributed by atoms with Crippen molar-refractivity contribution in [2.45, 2.75) is 38.5 Å². The Bertz CT molecular complexity index is 2430. The quantitative estimate of drug-likeness (QED) is 0.166. The summed E-state index contributed by atoms with van der Waals surface area (Å²) in [5.74, 6) is 2.26. The Morgan fingerprint density at radius 1 is 0.397 bits per heavy atom. The zero-order chi connectivity index (χ0) is 40.6. The predicted octanol–water partition coefficient (Wildman–Crippen LogP) is 15.5. The lowest BCUT2D eigenvalue weighted by Crippen LogP contribution is -2.27. The van der Waals surface area contributed by atoms with E-state index < -0.39 is 28.9 Å². The van der Waals surface area contributed by atoms with Crippen LogP contribution in [0.4, 0.5) is 60.5 Å². The number of hydrogen-bond acceptors (Lipinski definition) is 4. The predicted molar refractivity (Wildman–Crippen MR) is 216 cm³/mol. The number of hydrogen-bond donors (Lipinski definition) is 0. The minimum atomic E-state index is -4.58. The van der Waals surface area contributed by atoms with E-state index in [4.69, 9.17) is 9.47 Å². The minimum absolute atomic E-state index is 0.470. The molecule has 0 radical (unpaired) electrons. The maximum atomic E-state index is 14.0. The van der Waals surface area contributed by atoms with Gasteiger partial charge in [-0.2, -0.15) is 26.3 Å². The molecule has 0 unspecified atom stereocenters. The smallest absolute Gasteiger partial charge is 0.416 e. The number of alkyl halides is 6. The summed E-state index contributed by atoms with van der Waals surface area (Å²) in [5.41, 5.74) is 4.53. The van der Waals surface area contributed by atoms with Gasteiger partial charge in [0.2, 0.25) is 0 Å². The van der Waals surface area contributed by atoms with Crippen molar-refractivity contribution in [2.75, 3.05) is 9.80 Å². The third-order valence-corrected chi connectivity index (χ3v) is 10.4. The molecule has 2 aliphatic heterocycles. The standard InChI is InChI=1S/C48H34F6N2O2/c1-46(2,3)43-44(55-35-12-4-8-16-39(35)57-40-17-9-5-13-36(40)55)33(29-20-24-31(25-21-29)47(49,50)51)28-34(30-22-26-32(27-23-30)48(52,53)54)45(43)56-37-14-6-10-18-41(37)58-42-19-11-7-15-38(42)56/h4-28H,1-3H3. The van der Waals surface area contributed by atoms with Crippen molar-refractivity contribution in [3.63, 3.8) is 0 Å². The van der Waals surface area contributed by atoms with E-state index in [1.165, 1.54) is 24.3 Å². The van der Waals surface area contributed by atoms with Gasteiger partial charge in [-0.15, -0.1) is 0 Å². The van der Waals surface area contributed by atoms with Gasteiger partial charge in [0.1, 0.15) is 0 Å². The molecular formula is C48H34F6N2O2. The van der Waals surface area contributed by atoms with Crippen LogP contribution in [0.25, 0.3) is 22.3 Å². The first-order valence-electron chi connectivity index (χ1n) is 18.6.